The predicted molar refractivity (Wildman–Crippen MR) is 96.2 cm³/mol. The molecule has 0 bridgehead atoms. The fourth-order valence-corrected chi connectivity index (χ4v) is 3.55. The molecule has 1 aliphatic rings. The van der Waals surface area contributed by atoms with Crippen LogP contribution in [0.3, 0.4) is 0 Å². The number of piperidine rings is 1. The van der Waals surface area contributed by atoms with E-state index in [9.17, 15) is 9.90 Å². The Labute approximate surface area is 149 Å². The van der Waals surface area contributed by atoms with Crippen LogP contribution in [-0.2, 0) is 4.74 Å². The molecule has 1 amide bonds. The van der Waals surface area contributed by atoms with Gasteiger partial charge in [0.15, 0.2) is 0 Å². The molecule has 1 unspecified atom stereocenters. The molecule has 0 aliphatic carbocycles. The summed E-state index contributed by atoms with van der Waals surface area (Å²) in [5.74, 6) is 0. The highest BCUT2D eigenvalue weighted by molar-refractivity contribution is 6.30. The Morgan fingerprint density at radius 1 is 1.42 bits per heavy atom. The van der Waals surface area contributed by atoms with Gasteiger partial charge in [0.2, 0.25) is 0 Å². The molecular formula is C19H28ClNO3. The molecule has 0 aromatic heterocycles. The summed E-state index contributed by atoms with van der Waals surface area (Å²) in [5, 5.41) is 11.5. The number of halogens is 1. The Kier molecular flexibility index (Phi) is 5.50. The minimum absolute atomic E-state index is 0.331. The first-order valence-corrected chi connectivity index (χ1v) is 8.85. The second-order valence-corrected chi connectivity index (χ2v) is 8.56. The number of hydrogen-bond donors (Lipinski definition) is 1. The molecular weight excluding hydrogens is 326 g/mol. The molecule has 1 fully saturated rings. The van der Waals surface area contributed by atoms with E-state index in [1.807, 2.05) is 46.8 Å². The summed E-state index contributed by atoms with van der Waals surface area (Å²) in [7, 11) is 0. The highest BCUT2D eigenvalue weighted by Gasteiger charge is 2.44. The van der Waals surface area contributed by atoms with Crippen LogP contribution >= 0.6 is 11.6 Å². The lowest BCUT2D eigenvalue weighted by molar-refractivity contribution is -0.0575. The summed E-state index contributed by atoms with van der Waals surface area (Å²) in [5.41, 5.74) is -0.222. The van der Waals surface area contributed by atoms with Crippen molar-refractivity contribution in [1.29, 1.82) is 0 Å². The lowest BCUT2D eigenvalue weighted by Crippen LogP contribution is -2.58. The minimum atomic E-state index is -0.796. The maximum Gasteiger partial charge on any atom is 0.411 e. The molecule has 1 heterocycles. The van der Waals surface area contributed by atoms with Gasteiger partial charge >= 0.3 is 6.09 Å². The van der Waals surface area contributed by atoms with Crippen LogP contribution < -0.4 is 0 Å². The molecule has 24 heavy (non-hydrogen) atoms. The van der Waals surface area contributed by atoms with E-state index >= 15 is 0 Å². The fourth-order valence-electron chi connectivity index (χ4n) is 3.35. The molecule has 1 aromatic rings. The maximum atomic E-state index is 12.8. The smallest absolute Gasteiger partial charge is 0.411 e. The van der Waals surface area contributed by atoms with Gasteiger partial charge in [0.25, 0.3) is 0 Å². The first kappa shape index (κ1) is 19.1. The number of carbonyl (C=O) groups excluding carboxylic acids is 1. The number of rotatable bonds is 2. The topological polar surface area (TPSA) is 49.8 Å². The number of ether oxygens (including phenoxy) is 1. The number of hydrogen-bond acceptors (Lipinski definition) is 3. The lowest BCUT2D eigenvalue weighted by Gasteiger charge is -2.49. The van der Waals surface area contributed by atoms with Crippen LogP contribution in [0.1, 0.15) is 65.5 Å². The molecule has 0 saturated carbocycles. The van der Waals surface area contributed by atoms with E-state index in [0.29, 0.717) is 5.02 Å². The van der Waals surface area contributed by atoms with Gasteiger partial charge in [-0.1, -0.05) is 23.7 Å². The van der Waals surface area contributed by atoms with E-state index in [4.69, 9.17) is 16.3 Å². The lowest BCUT2D eigenvalue weighted by atomic mass is 9.83. The van der Waals surface area contributed by atoms with Gasteiger partial charge in [-0.2, -0.15) is 0 Å². The molecule has 5 heteroatoms. The highest BCUT2D eigenvalue weighted by atomic mass is 35.5. The molecule has 0 spiro atoms. The zero-order valence-corrected chi connectivity index (χ0v) is 15.9. The largest absolute Gasteiger partial charge is 0.444 e. The first-order chi connectivity index (χ1) is 11.0. The van der Waals surface area contributed by atoms with Crippen molar-refractivity contribution in [2.45, 2.75) is 77.2 Å². The third kappa shape index (κ3) is 4.42. The van der Waals surface area contributed by atoms with Gasteiger partial charge in [0.05, 0.1) is 12.1 Å². The normalized spacial score (nSPS) is 22.1. The summed E-state index contributed by atoms with van der Waals surface area (Å²) < 4.78 is 5.60. The average Bonchev–Trinajstić information content (AvgIpc) is 2.43. The predicted octanol–water partition coefficient (Wildman–Crippen LogP) is 4.94. The number of benzene rings is 1. The quantitative estimate of drug-likeness (QED) is 0.819. The van der Waals surface area contributed by atoms with E-state index in [1.54, 1.807) is 17.0 Å². The van der Waals surface area contributed by atoms with E-state index in [2.05, 4.69) is 0 Å². The number of carbonyl (C=O) groups is 1. The average molecular weight is 354 g/mol. The van der Waals surface area contributed by atoms with E-state index in [-0.39, 0.29) is 17.7 Å². The molecule has 134 valence electrons. The van der Waals surface area contributed by atoms with Gasteiger partial charge in [-0.3, -0.25) is 4.90 Å². The summed E-state index contributed by atoms with van der Waals surface area (Å²) >= 11 is 6.05. The number of aliphatic hydroxyl groups excluding tert-OH is 1. The summed E-state index contributed by atoms with van der Waals surface area (Å²) in [4.78, 5) is 14.5. The van der Waals surface area contributed by atoms with Gasteiger partial charge in [0.1, 0.15) is 5.60 Å². The first-order valence-electron chi connectivity index (χ1n) is 8.47. The molecule has 4 nitrogen and oxygen atoms in total. The van der Waals surface area contributed by atoms with Crippen LogP contribution in [0, 0.1) is 0 Å². The van der Waals surface area contributed by atoms with Gasteiger partial charge in [0, 0.05) is 10.6 Å². The molecule has 1 aromatic carbocycles. The Bertz CT molecular complexity index is 595. The van der Waals surface area contributed by atoms with Crippen molar-refractivity contribution >= 4 is 17.7 Å². The Morgan fingerprint density at radius 2 is 2.08 bits per heavy atom. The van der Waals surface area contributed by atoms with Crippen molar-refractivity contribution in [2.24, 2.45) is 0 Å². The van der Waals surface area contributed by atoms with Crippen LogP contribution in [-0.4, -0.2) is 33.3 Å². The van der Waals surface area contributed by atoms with Gasteiger partial charge in [-0.25, -0.2) is 4.79 Å². The van der Waals surface area contributed by atoms with Crippen molar-refractivity contribution < 1.29 is 14.6 Å². The number of aliphatic hydroxyl groups is 1. The monoisotopic (exact) mass is 353 g/mol. The molecule has 0 radical (unpaired) electrons. The minimum Gasteiger partial charge on any atom is -0.444 e. The molecule has 1 N–H and O–H groups in total. The molecule has 2 rings (SSSR count). The third-order valence-corrected chi connectivity index (χ3v) is 4.65. The van der Waals surface area contributed by atoms with E-state index in [0.717, 1.165) is 24.8 Å². The van der Waals surface area contributed by atoms with Crippen LogP contribution in [0.5, 0.6) is 0 Å². The Balaban J connectivity index is 2.32. The zero-order chi connectivity index (χ0) is 18.1. The summed E-state index contributed by atoms with van der Waals surface area (Å²) in [6.07, 6.45) is 1.39. The fraction of sp³-hybridized carbons (Fsp3) is 0.632. The van der Waals surface area contributed by atoms with Crippen molar-refractivity contribution in [3.05, 3.63) is 34.9 Å². The number of amides is 1. The number of nitrogens with zero attached hydrogens (tertiary/aromatic N) is 1. The van der Waals surface area contributed by atoms with Crippen LogP contribution in [0.25, 0.3) is 0 Å². The second kappa shape index (κ2) is 6.93. The summed E-state index contributed by atoms with van der Waals surface area (Å²) in [6, 6.07) is 6.84. The van der Waals surface area contributed by atoms with Crippen molar-refractivity contribution in [3.8, 4) is 0 Å². The number of likely N-dealkylation sites (tertiary alicyclic amines) is 1. The Hall–Kier alpha value is -1.26. The SMILES string of the molecule is CC(C)(C)OC(=O)N1[C@@H](C(O)c2cccc(Cl)c2)CCCC1(C)C. The second-order valence-electron chi connectivity index (χ2n) is 8.12. The molecule has 1 aliphatic heterocycles. The summed E-state index contributed by atoms with van der Waals surface area (Å²) in [6.45, 7) is 9.60. The van der Waals surface area contributed by atoms with Gasteiger partial charge in [-0.15, -0.1) is 0 Å². The third-order valence-electron chi connectivity index (χ3n) is 4.42. The molecule has 1 saturated heterocycles. The maximum absolute atomic E-state index is 12.8. The highest BCUT2D eigenvalue weighted by Crippen LogP contribution is 2.38. The Morgan fingerprint density at radius 3 is 2.67 bits per heavy atom. The van der Waals surface area contributed by atoms with E-state index in [1.165, 1.54) is 0 Å². The van der Waals surface area contributed by atoms with Crippen LogP contribution in [0.15, 0.2) is 24.3 Å². The molecule has 2 atom stereocenters. The van der Waals surface area contributed by atoms with Crippen LogP contribution in [0.2, 0.25) is 5.02 Å². The standard InChI is InChI=1S/C19H28ClNO3/c1-18(2,3)24-17(23)21-15(10-7-11-19(21,4)5)16(22)13-8-6-9-14(20)12-13/h6,8-9,12,15-16,22H,7,10-11H2,1-5H3/t15-,16?/m1/s1. The van der Waals surface area contributed by atoms with Crippen molar-refractivity contribution in [2.75, 3.05) is 0 Å². The van der Waals surface area contributed by atoms with Crippen molar-refractivity contribution in [3.63, 3.8) is 0 Å². The van der Waals surface area contributed by atoms with Gasteiger partial charge < -0.3 is 9.84 Å². The zero-order valence-electron chi connectivity index (χ0n) is 15.2. The van der Waals surface area contributed by atoms with E-state index < -0.39 is 11.7 Å². The van der Waals surface area contributed by atoms with Crippen LogP contribution in [0.4, 0.5) is 4.79 Å². The van der Waals surface area contributed by atoms with Gasteiger partial charge in [-0.05, 0) is 71.6 Å². The van der Waals surface area contributed by atoms with Crippen molar-refractivity contribution in [1.82, 2.24) is 4.90 Å².